The Morgan fingerprint density at radius 3 is 2.64 bits per heavy atom. The molecular weight excluding hydrogens is 316 g/mol. The van der Waals surface area contributed by atoms with Gasteiger partial charge >= 0.3 is 0 Å². The normalized spacial score (nSPS) is 21.8. The van der Waals surface area contributed by atoms with Crippen LogP contribution in [0.3, 0.4) is 0 Å². The molecule has 0 aliphatic heterocycles. The SMILES string of the molecule is CC(C)NC(=S)N(C)[C@@]1(c2ccccc2Cl)CCCCC1=O. The highest BCUT2D eigenvalue weighted by Gasteiger charge is 2.47. The van der Waals surface area contributed by atoms with Crippen LogP contribution in [0.15, 0.2) is 24.3 Å². The molecule has 3 nitrogen and oxygen atoms in total. The number of hydrogen-bond acceptors (Lipinski definition) is 2. The minimum absolute atomic E-state index is 0.197. The second-order valence-electron chi connectivity index (χ2n) is 6.13. The lowest BCUT2D eigenvalue weighted by Crippen LogP contribution is -2.57. The molecule has 2 rings (SSSR count). The number of nitrogens with one attached hydrogen (secondary N) is 1. The number of carbonyl (C=O) groups is 1. The average molecular weight is 339 g/mol. The van der Waals surface area contributed by atoms with Gasteiger partial charge in [0, 0.05) is 30.1 Å². The molecule has 1 aromatic carbocycles. The summed E-state index contributed by atoms with van der Waals surface area (Å²) >= 11 is 11.9. The molecule has 120 valence electrons. The highest BCUT2D eigenvalue weighted by atomic mass is 35.5. The largest absolute Gasteiger partial charge is 0.360 e. The predicted molar refractivity (Wildman–Crippen MR) is 95.2 cm³/mol. The van der Waals surface area contributed by atoms with Crippen molar-refractivity contribution in [2.45, 2.75) is 51.1 Å². The molecule has 1 N–H and O–H groups in total. The van der Waals surface area contributed by atoms with Gasteiger partial charge in [0.15, 0.2) is 10.9 Å². The number of benzene rings is 1. The van der Waals surface area contributed by atoms with E-state index in [0.717, 1.165) is 24.8 Å². The summed E-state index contributed by atoms with van der Waals surface area (Å²) in [6.07, 6.45) is 3.24. The Bertz CT molecular complexity index is 576. The van der Waals surface area contributed by atoms with Gasteiger partial charge in [-0.2, -0.15) is 0 Å². The lowest BCUT2D eigenvalue weighted by atomic mass is 9.74. The van der Waals surface area contributed by atoms with Crippen molar-refractivity contribution < 1.29 is 4.79 Å². The molecule has 0 heterocycles. The van der Waals surface area contributed by atoms with Gasteiger partial charge in [0.25, 0.3) is 0 Å². The zero-order chi connectivity index (χ0) is 16.3. The van der Waals surface area contributed by atoms with Gasteiger partial charge in [0.2, 0.25) is 0 Å². The van der Waals surface area contributed by atoms with Crippen LogP contribution < -0.4 is 5.32 Å². The van der Waals surface area contributed by atoms with Crippen molar-refractivity contribution in [3.05, 3.63) is 34.9 Å². The number of carbonyl (C=O) groups excluding carboxylic acids is 1. The summed E-state index contributed by atoms with van der Waals surface area (Å²) in [5, 5.41) is 4.45. The van der Waals surface area contributed by atoms with Crippen molar-refractivity contribution in [3.63, 3.8) is 0 Å². The van der Waals surface area contributed by atoms with Crippen LogP contribution in [0.4, 0.5) is 0 Å². The Balaban J connectivity index is 2.49. The molecule has 0 bridgehead atoms. The van der Waals surface area contributed by atoms with Crippen LogP contribution in [0, 0.1) is 0 Å². The lowest BCUT2D eigenvalue weighted by Gasteiger charge is -2.45. The molecule has 1 saturated carbocycles. The highest BCUT2D eigenvalue weighted by molar-refractivity contribution is 7.80. The summed E-state index contributed by atoms with van der Waals surface area (Å²) < 4.78 is 0. The Hall–Kier alpha value is -1.13. The number of hydrogen-bond donors (Lipinski definition) is 1. The molecule has 1 atom stereocenters. The van der Waals surface area contributed by atoms with Gasteiger partial charge in [-0.05, 0) is 51.4 Å². The molecule has 0 spiro atoms. The van der Waals surface area contributed by atoms with E-state index in [2.05, 4.69) is 5.32 Å². The van der Waals surface area contributed by atoms with Gasteiger partial charge in [-0.15, -0.1) is 0 Å². The van der Waals surface area contributed by atoms with Gasteiger partial charge in [0.05, 0.1) is 0 Å². The fraction of sp³-hybridized carbons (Fsp3) is 0.529. The molecule has 22 heavy (non-hydrogen) atoms. The predicted octanol–water partition coefficient (Wildman–Crippen LogP) is 3.89. The maximum Gasteiger partial charge on any atom is 0.169 e. The van der Waals surface area contributed by atoms with Gasteiger partial charge in [-0.25, -0.2) is 0 Å². The second kappa shape index (κ2) is 6.97. The van der Waals surface area contributed by atoms with Crippen molar-refractivity contribution in [3.8, 4) is 0 Å². The zero-order valence-electron chi connectivity index (χ0n) is 13.4. The minimum Gasteiger partial charge on any atom is -0.360 e. The number of rotatable bonds is 3. The molecule has 0 aromatic heterocycles. The van der Waals surface area contributed by atoms with Crippen molar-refractivity contribution in [1.29, 1.82) is 0 Å². The number of Topliss-reactive ketones (excluding diaryl/α,β-unsaturated/α-hetero) is 1. The molecule has 0 saturated heterocycles. The molecule has 5 heteroatoms. The zero-order valence-corrected chi connectivity index (χ0v) is 14.9. The monoisotopic (exact) mass is 338 g/mol. The number of ketones is 1. The first kappa shape index (κ1) is 17.2. The third-order valence-electron chi connectivity index (χ3n) is 4.26. The molecule has 0 radical (unpaired) electrons. The maximum atomic E-state index is 12.9. The fourth-order valence-electron chi connectivity index (χ4n) is 3.15. The van der Waals surface area contributed by atoms with Crippen molar-refractivity contribution >= 4 is 34.7 Å². The second-order valence-corrected chi connectivity index (χ2v) is 6.93. The van der Waals surface area contributed by atoms with E-state index in [1.165, 1.54) is 0 Å². The fourth-order valence-corrected chi connectivity index (χ4v) is 3.83. The third-order valence-corrected chi connectivity index (χ3v) is 4.98. The number of thiocarbonyl (C=S) groups is 1. The third kappa shape index (κ3) is 3.13. The topological polar surface area (TPSA) is 32.3 Å². The molecular formula is C17H23ClN2OS. The van der Waals surface area contributed by atoms with Gasteiger partial charge in [-0.1, -0.05) is 29.8 Å². The Kier molecular flexibility index (Phi) is 5.45. The molecule has 0 unspecified atom stereocenters. The van der Waals surface area contributed by atoms with Crippen LogP contribution in [0.25, 0.3) is 0 Å². The van der Waals surface area contributed by atoms with Crippen LogP contribution in [0.1, 0.15) is 45.1 Å². The Morgan fingerprint density at radius 1 is 1.36 bits per heavy atom. The van der Waals surface area contributed by atoms with Crippen molar-refractivity contribution in [1.82, 2.24) is 10.2 Å². The molecule has 1 fully saturated rings. The van der Waals surface area contributed by atoms with E-state index in [0.29, 0.717) is 16.6 Å². The molecule has 1 aliphatic carbocycles. The van der Waals surface area contributed by atoms with E-state index in [-0.39, 0.29) is 11.8 Å². The number of halogens is 1. The highest BCUT2D eigenvalue weighted by Crippen LogP contribution is 2.42. The van der Waals surface area contributed by atoms with Crippen LogP contribution in [0.5, 0.6) is 0 Å². The van der Waals surface area contributed by atoms with E-state index in [1.54, 1.807) is 0 Å². The number of likely N-dealkylation sites (N-methyl/N-ethyl adjacent to an activating group) is 1. The first-order chi connectivity index (χ1) is 10.4. The van der Waals surface area contributed by atoms with Crippen LogP contribution in [-0.2, 0) is 10.3 Å². The summed E-state index contributed by atoms with van der Waals surface area (Å²) in [6.45, 7) is 4.07. The van der Waals surface area contributed by atoms with E-state index >= 15 is 0 Å². The molecule has 0 amide bonds. The van der Waals surface area contributed by atoms with Crippen LogP contribution in [0.2, 0.25) is 5.02 Å². The summed E-state index contributed by atoms with van der Waals surface area (Å²) in [7, 11) is 1.89. The first-order valence-electron chi connectivity index (χ1n) is 7.72. The van der Waals surface area contributed by atoms with Crippen molar-refractivity contribution in [2.24, 2.45) is 0 Å². The smallest absolute Gasteiger partial charge is 0.169 e. The van der Waals surface area contributed by atoms with Crippen LogP contribution in [-0.4, -0.2) is 28.9 Å². The van der Waals surface area contributed by atoms with E-state index in [9.17, 15) is 4.79 Å². The van der Waals surface area contributed by atoms with E-state index in [4.69, 9.17) is 23.8 Å². The Morgan fingerprint density at radius 2 is 2.05 bits per heavy atom. The first-order valence-corrected chi connectivity index (χ1v) is 8.51. The minimum atomic E-state index is -0.754. The standard InChI is InChI=1S/C17H23ClN2OS/c1-12(2)19-16(22)20(3)17(11-7-6-10-15(17)21)13-8-4-5-9-14(13)18/h4-5,8-9,12H,6-7,10-11H2,1-3H3,(H,19,22)/t17-/m1/s1. The van der Waals surface area contributed by atoms with E-state index in [1.807, 2.05) is 50.1 Å². The molecule has 1 aliphatic rings. The summed E-state index contributed by atoms with van der Waals surface area (Å²) in [6, 6.07) is 7.82. The van der Waals surface area contributed by atoms with Gasteiger partial charge in [-0.3, -0.25) is 4.79 Å². The van der Waals surface area contributed by atoms with Crippen molar-refractivity contribution in [2.75, 3.05) is 7.05 Å². The van der Waals surface area contributed by atoms with Gasteiger partial charge in [0.1, 0.15) is 5.54 Å². The summed E-state index contributed by atoms with van der Waals surface area (Å²) in [5.74, 6) is 0.197. The Labute approximate surface area is 143 Å². The van der Waals surface area contributed by atoms with Gasteiger partial charge < -0.3 is 10.2 Å². The quantitative estimate of drug-likeness (QED) is 0.847. The maximum absolute atomic E-state index is 12.9. The number of nitrogens with zero attached hydrogens (tertiary/aromatic N) is 1. The van der Waals surface area contributed by atoms with E-state index < -0.39 is 5.54 Å². The summed E-state index contributed by atoms with van der Waals surface area (Å²) in [5.41, 5.74) is 0.104. The summed E-state index contributed by atoms with van der Waals surface area (Å²) in [4.78, 5) is 14.8. The molecule has 1 aromatic rings. The van der Waals surface area contributed by atoms with Crippen LogP contribution >= 0.6 is 23.8 Å². The average Bonchev–Trinajstić information content (AvgIpc) is 2.47. The lowest BCUT2D eigenvalue weighted by molar-refractivity contribution is -0.131.